The number of sulfonamides is 1. The third-order valence-corrected chi connectivity index (χ3v) is 2.95. The average molecular weight is 282 g/mol. The van der Waals surface area contributed by atoms with Crippen LogP contribution in [0, 0.1) is 0 Å². The van der Waals surface area contributed by atoms with Crippen molar-refractivity contribution in [1.29, 1.82) is 0 Å². The molecule has 1 aromatic rings. The minimum atomic E-state index is -5.29. The Morgan fingerprint density at radius 1 is 1.28 bits per heavy atom. The third-order valence-electron chi connectivity index (χ3n) is 2.01. The molecule has 18 heavy (non-hydrogen) atoms. The van der Waals surface area contributed by atoms with Crippen LogP contribution in [0.1, 0.15) is 13.8 Å². The second-order valence-corrected chi connectivity index (χ2v) is 5.52. The molecule has 0 unspecified atom stereocenters. The highest BCUT2D eigenvalue weighted by atomic mass is 32.2. The fourth-order valence-corrected chi connectivity index (χ4v) is 2.00. The first-order valence-electron chi connectivity index (χ1n) is 5.05. The topological polar surface area (TPSA) is 69.4 Å². The summed E-state index contributed by atoms with van der Waals surface area (Å²) in [5, 5.41) is 4.88. The summed E-state index contributed by atoms with van der Waals surface area (Å²) in [6.07, 6.45) is -0.382. The Bertz CT molecular complexity index is 542. The summed E-state index contributed by atoms with van der Waals surface area (Å²) in [6.45, 7) is -2.05. The first-order chi connectivity index (χ1) is 8.01. The van der Waals surface area contributed by atoms with Crippen LogP contribution in [0.4, 0.5) is 12.9 Å². The van der Waals surface area contributed by atoms with Crippen molar-refractivity contribution in [3.63, 3.8) is 0 Å². The molecule has 0 amide bonds. The predicted molar refractivity (Wildman–Crippen MR) is 62.3 cm³/mol. The summed E-state index contributed by atoms with van der Waals surface area (Å²) >= 11 is 0. The molecule has 0 bridgehead atoms. The highest BCUT2D eigenvalue weighted by molar-refractivity contribution is 7.89. The number of ether oxygens (including phenoxy) is 1. The molecule has 4 nitrogen and oxygen atoms in total. The van der Waals surface area contributed by atoms with Crippen molar-refractivity contribution in [2.45, 2.75) is 24.8 Å². The lowest BCUT2D eigenvalue weighted by Gasteiger charge is -2.18. The van der Waals surface area contributed by atoms with Crippen LogP contribution in [-0.4, -0.2) is 21.5 Å². The molecule has 0 aliphatic heterocycles. The number of rotatable bonds is 4. The van der Waals surface area contributed by atoms with Gasteiger partial charge in [0, 0.05) is 0 Å². The van der Waals surface area contributed by atoms with E-state index >= 15 is 0 Å². The maximum absolute atomic E-state index is 12.5. The number of primary sulfonamides is 1. The van der Waals surface area contributed by atoms with Gasteiger partial charge in [-0.25, -0.2) is 13.6 Å². The van der Waals surface area contributed by atoms with E-state index in [0.29, 0.717) is 6.07 Å². The quantitative estimate of drug-likeness (QED) is 0.843. The minimum absolute atomic E-state index is 0.184. The molecule has 0 saturated heterocycles. The van der Waals surface area contributed by atoms with Crippen LogP contribution in [0.2, 0.25) is 0 Å². The lowest BCUT2D eigenvalue weighted by molar-refractivity contribution is 0.236. The number of benzene rings is 1. The Morgan fingerprint density at radius 3 is 2.22 bits per heavy atom. The molecule has 0 aliphatic rings. The van der Waals surface area contributed by atoms with Gasteiger partial charge in [0.15, 0.2) is 0 Å². The van der Waals surface area contributed by atoms with Crippen LogP contribution in [0.3, 0.4) is 0 Å². The maximum Gasteiger partial charge on any atom is 0.509 e. The molecule has 0 fully saturated rings. The Balaban J connectivity index is 3.40. The van der Waals surface area contributed by atoms with E-state index in [1.54, 1.807) is 13.8 Å². The van der Waals surface area contributed by atoms with Gasteiger partial charge in [0.2, 0.25) is 10.0 Å². The molecule has 0 heterocycles. The first kappa shape index (κ1) is 14.8. The third kappa shape index (κ3) is 3.64. The van der Waals surface area contributed by atoms with Crippen LogP contribution in [0.15, 0.2) is 23.1 Å². The summed E-state index contributed by atoms with van der Waals surface area (Å²) in [5.41, 5.74) is -1.03. The van der Waals surface area contributed by atoms with Gasteiger partial charge >= 0.3 is 6.98 Å². The second-order valence-electron chi connectivity index (χ2n) is 3.99. The summed E-state index contributed by atoms with van der Waals surface area (Å²) < 4.78 is 65.2. The van der Waals surface area contributed by atoms with E-state index in [1.807, 2.05) is 0 Å². The summed E-state index contributed by atoms with van der Waals surface area (Å²) in [6, 6.07) is 2.23. The Kier molecular flexibility index (Phi) is 3.97. The highest BCUT2D eigenvalue weighted by Crippen LogP contribution is 2.24. The summed E-state index contributed by atoms with van der Waals surface area (Å²) in [5.74, 6) is -0.184. The smallest absolute Gasteiger partial charge is 0.490 e. The molecule has 1 aromatic carbocycles. The molecule has 0 aromatic heterocycles. The molecule has 102 valence electrons. The van der Waals surface area contributed by atoms with Crippen LogP contribution in [-0.2, 0) is 10.0 Å². The molecule has 0 saturated carbocycles. The van der Waals surface area contributed by atoms with E-state index in [1.165, 1.54) is 0 Å². The lowest BCUT2D eigenvalue weighted by Crippen LogP contribution is -2.35. The van der Waals surface area contributed by atoms with Crippen molar-refractivity contribution in [2.75, 3.05) is 0 Å². The second kappa shape index (κ2) is 4.81. The van der Waals surface area contributed by atoms with E-state index in [9.17, 15) is 21.4 Å². The van der Waals surface area contributed by atoms with Gasteiger partial charge in [0.25, 0.3) is 0 Å². The first-order valence-corrected chi connectivity index (χ1v) is 6.60. The molecule has 0 spiro atoms. The van der Waals surface area contributed by atoms with Crippen LogP contribution >= 0.6 is 0 Å². The molecule has 0 aliphatic carbocycles. The number of nitrogens with two attached hydrogens (primary N) is 1. The highest BCUT2D eigenvalue weighted by Gasteiger charge is 2.28. The van der Waals surface area contributed by atoms with Crippen LogP contribution < -0.4 is 15.3 Å². The van der Waals surface area contributed by atoms with E-state index < -0.39 is 27.4 Å². The zero-order valence-electron chi connectivity index (χ0n) is 9.73. The van der Waals surface area contributed by atoms with Gasteiger partial charge in [0.1, 0.15) is 10.6 Å². The zero-order valence-corrected chi connectivity index (χ0v) is 10.5. The van der Waals surface area contributed by atoms with Gasteiger partial charge < -0.3 is 17.7 Å². The maximum atomic E-state index is 12.5. The molecule has 0 radical (unpaired) electrons. The van der Waals surface area contributed by atoms with Gasteiger partial charge in [-0.3, -0.25) is 0 Å². The van der Waals surface area contributed by atoms with Gasteiger partial charge in [-0.05, 0) is 19.9 Å². The van der Waals surface area contributed by atoms with Gasteiger partial charge in [-0.2, -0.15) is 0 Å². The largest absolute Gasteiger partial charge is 0.509 e. The van der Waals surface area contributed by atoms with Crippen molar-refractivity contribution in [3.05, 3.63) is 18.2 Å². The fraction of sp³-hybridized carbons (Fsp3) is 0.333. The van der Waals surface area contributed by atoms with Crippen molar-refractivity contribution in [1.82, 2.24) is 0 Å². The molecule has 2 N–H and O–H groups in total. The van der Waals surface area contributed by atoms with Gasteiger partial charge in [0.05, 0.1) is 6.10 Å². The Morgan fingerprint density at radius 2 is 1.83 bits per heavy atom. The zero-order chi connectivity index (χ0) is 14.1. The molecule has 1 rings (SSSR count). The van der Waals surface area contributed by atoms with E-state index in [4.69, 9.17) is 9.88 Å². The predicted octanol–water partition coefficient (Wildman–Crippen LogP) is 1.18. The van der Waals surface area contributed by atoms with Crippen molar-refractivity contribution in [3.8, 4) is 5.75 Å². The normalized spacial score (nSPS) is 12.8. The van der Waals surface area contributed by atoms with E-state index in [-0.39, 0.29) is 11.9 Å². The SMILES string of the molecule is CC(C)Oc1ccc([B-](F)(F)F)cc1S(N)(=O)=O. The molecule has 0 atom stereocenters. The minimum Gasteiger partial charge on any atom is -0.490 e. The average Bonchev–Trinajstić information content (AvgIpc) is 2.13. The van der Waals surface area contributed by atoms with E-state index in [0.717, 1.165) is 12.1 Å². The van der Waals surface area contributed by atoms with Crippen molar-refractivity contribution >= 4 is 22.5 Å². The van der Waals surface area contributed by atoms with Gasteiger partial charge in [-0.15, -0.1) is 5.46 Å². The van der Waals surface area contributed by atoms with E-state index in [2.05, 4.69) is 0 Å². The summed E-state index contributed by atoms with van der Waals surface area (Å²) in [4.78, 5) is -0.659. The number of halogens is 3. The standard InChI is InChI=1S/C9H12BF3NO3S/c1-6(2)17-8-4-3-7(10(11,12)13)5-9(8)18(14,15)16/h3-6H,1-2H3,(H2,14,15,16)/q-1. The van der Waals surface area contributed by atoms with Crippen LogP contribution in [0.5, 0.6) is 5.75 Å². The number of hydrogen-bond acceptors (Lipinski definition) is 3. The Hall–Kier alpha value is -1.22. The van der Waals surface area contributed by atoms with Crippen LogP contribution in [0.25, 0.3) is 0 Å². The number of hydrogen-bond donors (Lipinski definition) is 1. The lowest BCUT2D eigenvalue weighted by atomic mass is 9.80. The van der Waals surface area contributed by atoms with Gasteiger partial charge in [-0.1, -0.05) is 12.1 Å². The molecular formula is C9H12BF3NO3S-. The fourth-order valence-electron chi connectivity index (χ4n) is 1.30. The summed E-state index contributed by atoms with van der Waals surface area (Å²) in [7, 11) is -4.28. The monoisotopic (exact) mass is 282 g/mol. The molecular weight excluding hydrogens is 270 g/mol. The van der Waals surface area contributed by atoms with Crippen molar-refractivity contribution in [2.24, 2.45) is 5.14 Å². The Labute approximate surface area is 103 Å². The van der Waals surface area contributed by atoms with Crippen molar-refractivity contribution < 1.29 is 26.1 Å². The molecule has 9 heteroatoms.